The molecule has 0 aliphatic carbocycles. The van der Waals surface area contributed by atoms with Crippen LogP contribution in [0.4, 0.5) is 0 Å². The Kier molecular flexibility index (Phi) is 4.52. The van der Waals surface area contributed by atoms with E-state index < -0.39 is 0 Å². The van der Waals surface area contributed by atoms with Crippen molar-refractivity contribution in [3.63, 3.8) is 0 Å². The molecule has 0 N–H and O–H groups in total. The monoisotopic (exact) mass is 368 g/mol. The second-order valence-electron chi connectivity index (χ2n) is 4.40. The quantitative estimate of drug-likeness (QED) is 0.616. The molecule has 0 bridgehead atoms. The topological polar surface area (TPSA) is 30.2 Å². The number of benzene rings is 1. The molecule has 4 heteroatoms. The number of aryl methyl sites for hydroxylation is 2. The molecular formula is C15H15INO2+. The summed E-state index contributed by atoms with van der Waals surface area (Å²) in [6.45, 7) is 4.23. The third-order valence-electron chi connectivity index (χ3n) is 2.74. The highest BCUT2D eigenvalue weighted by atomic mass is 127. The Bertz CT molecular complexity index is 597. The van der Waals surface area contributed by atoms with Crippen LogP contribution in [0.5, 0.6) is 0 Å². The van der Waals surface area contributed by atoms with Crippen molar-refractivity contribution < 1.29 is 12.3 Å². The number of aromatic nitrogens is 1. The first-order valence-electron chi connectivity index (χ1n) is 5.98. The molecule has 0 atom stereocenters. The number of carbonyl (C=O) groups excluding carboxylic acids is 1. The van der Waals surface area contributed by atoms with Crippen LogP contribution < -0.4 is 2.78 Å². The zero-order valence-electron chi connectivity index (χ0n) is 10.9. The van der Waals surface area contributed by atoms with Crippen LogP contribution in [0.3, 0.4) is 0 Å². The minimum Gasteiger partial charge on any atom is -0.453 e. The molecule has 0 aliphatic heterocycles. The molecule has 0 saturated carbocycles. The molecule has 1 heterocycles. The van der Waals surface area contributed by atoms with Crippen molar-refractivity contribution in [1.29, 1.82) is 0 Å². The van der Waals surface area contributed by atoms with Crippen molar-refractivity contribution in [1.82, 2.24) is 0 Å². The van der Waals surface area contributed by atoms with Crippen molar-refractivity contribution in [2.45, 2.75) is 20.5 Å². The molecule has 0 fully saturated rings. The lowest BCUT2D eigenvalue weighted by Gasteiger charge is -2.04. The lowest BCUT2D eigenvalue weighted by Crippen LogP contribution is -2.33. The highest BCUT2D eigenvalue weighted by Gasteiger charge is 2.22. The maximum atomic E-state index is 12.1. The maximum absolute atomic E-state index is 12.1. The Morgan fingerprint density at radius 2 is 1.89 bits per heavy atom. The molecule has 0 radical (unpaired) electrons. The first kappa shape index (κ1) is 14.0. The number of carbonyl (C=O) groups is 1. The van der Waals surface area contributed by atoms with E-state index in [0.29, 0.717) is 12.3 Å². The zero-order chi connectivity index (χ0) is 13.8. The number of pyridine rings is 1. The molecule has 1 aromatic heterocycles. The van der Waals surface area contributed by atoms with E-state index in [2.05, 4.69) is 22.9 Å². The summed E-state index contributed by atoms with van der Waals surface area (Å²) in [5.74, 6) is -0.301. The molecule has 3 nitrogen and oxygen atoms in total. The average molecular weight is 368 g/mol. The number of rotatable bonds is 3. The number of halogens is 1. The van der Waals surface area contributed by atoms with Crippen molar-refractivity contribution in [3.05, 3.63) is 65.0 Å². The predicted molar refractivity (Wildman–Crippen MR) is 81.1 cm³/mol. The SMILES string of the molecule is Cc1cc(C)[n+](I)c(C(=O)OCc2ccccc2)c1. The average Bonchev–Trinajstić information content (AvgIpc) is 2.41. The highest BCUT2D eigenvalue weighted by molar-refractivity contribution is 14.1. The third kappa shape index (κ3) is 3.53. The molecule has 0 spiro atoms. The van der Waals surface area contributed by atoms with E-state index in [1.54, 1.807) is 0 Å². The van der Waals surface area contributed by atoms with E-state index in [9.17, 15) is 4.79 Å². The molecule has 98 valence electrons. The minimum atomic E-state index is -0.301. The van der Waals surface area contributed by atoms with Gasteiger partial charge in [0.25, 0.3) is 5.69 Å². The summed E-state index contributed by atoms with van der Waals surface area (Å²) >= 11 is 2.11. The van der Waals surface area contributed by atoms with E-state index in [4.69, 9.17) is 4.74 Å². The fourth-order valence-electron chi connectivity index (χ4n) is 1.83. The van der Waals surface area contributed by atoms with E-state index in [1.807, 2.05) is 59.1 Å². The van der Waals surface area contributed by atoms with Crippen LogP contribution >= 0.6 is 22.9 Å². The van der Waals surface area contributed by atoms with Gasteiger partial charge in [0, 0.05) is 19.1 Å². The van der Waals surface area contributed by atoms with Crippen molar-refractivity contribution >= 4 is 28.8 Å². The molecule has 0 saturated heterocycles. The van der Waals surface area contributed by atoms with Crippen LogP contribution in [0, 0.1) is 13.8 Å². The first-order valence-corrected chi connectivity index (χ1v) is 6.95. The first-order chi connectivity index (χ1) is 9.08. The lowest BCUT2D eigenvalue weighted by atomic mass is 10.2. The van der Waals surface area contributed by atoms with E-state index >= 15 is 0 Å². The number of ether oxygens (including phenoxy) is 1. The van der Waals surface area contributed by atoms with E-state index in [0.717, 1.165) is 16.8 Å². The molecular weight excluding hydrogens is 353 g/mol. The summed E-state index contributed by atoms with van der Waals surface area (Å²) in [7, 11) is 0. The molecule has 2 rings (SSSR count). The van der Waals surface area contributed by atoms with E-state index in [-0.39, 0.29) is 5.97 Å². The van der Waals surface area contributed by atoms with Crippen LogP contribution in [-0.4, -0.2) is 5.97 Å². The van der Waals surface area contributed by atoms with Gasteiger partial charge in [-0.2, -0.15) is 0 Å². The fourth-order valence-corrected chi connectivity index (χ4v) is 2.30. The Balaban J connectivity index is 2.13. The third-order valence-corrected chi connectivity index (χ3v) is 4.02. The number of hydrogen-bond donors (Lipinski definition) is 0. The Morgan fingerprint density at radius 3 is 2.58 bits per heavy atom. The van der Waals surface area contributed by atoms with Crippen LogP contribution in [0.15, 0.2) is 42.5 Å². The standard InChI is InChI=1S/C15H15INO2/c1-11-8-12(2)17(16)14(9-11)15(18)19-10-13-6-4-3-5-7-13/h3-9H,10H2,1-2H3/q+1. The highest BCUT2D eigenvalue weighted by Crippen LogP contribution is 2.08. The van der Waals surface area contributed by atoms with Crippen LogP contribution in [0.25, 0.3) is 0 Å². The zero-order valence-corrected chi connectivity index (χ0v) is 13.0. The van der Waals surface area contributed by atoms with Gasteiger partial charge in [0.15, 0.2) is 5.69 Å². The summed E-state index contributed by atoms with van der Waals surface area (Å²) in [4.78, 5) is 12.1. The summed E-state index contributed by atoms with van der Waals surface area (Å²) in [6.07, 6.45) is 0. The molecule has 0 aliphatic rings. The van der Waals surface area contributed by atoms with Gasteiger partial charge in [-0.3, -0.25) is 0 Å². The Labute approximate surface area is 126 Å². The number of hydrogen-bond acceptors (Lipinski definition) is 2. The number of nitrogens with zero attached hydrogens (tertiary/aromatic N) is 1. The van der Waals surface area contributed by atoms with Crippen molar-refractivity contribution in [2.75, 3.05) is 0 Å². The summed E-state index contributed by atoms with van der Waals surface area (Å²) < 4.78 is 7.16. The number of esters is 1. The van der Waals surface area contributed by atoms with Gasteiger partial charge >= 0.3 is 28.8 Å². The Morgan fingerprint density at radius 1 is 1.21 bits per heavy atom. The molecule has 19 heavy (non-hydrogen) atoms. The molecule has 2 aromatic rings. The smallest absolute Gasteiger partial charge is 0.404 e. The fraction of sp³-hybridized carbons (Fsp3) is 0.200. The summed E-state index contributed by atoms with van der Waals surface area (Å²) in [5, 5.41) is 0. The van der Waals surface area contributed by atoms with Crippen LogP contribution in [0.1, 0.15) is 27.3 Å². The van der Waals surface area contributed by atoms with Gasteiger partial charge in [-0.15, -0.1) is 2.78 Å². The van der Waals surface area contributed by atoms with Crippen LogP contribution in [-0.2, 0) is 11.3 Å². The molecule has 0 unspecified atom stereocenters. The van der Waals surface area contributed by atoms with Crippen molar-refractivity contribution in [3.8, 4) is 0 Å². The van der Waals surface area contributed by atoms with Gasteiger partial charge in [-0.1, -0.05) is 30.3 Å². The van der Waals surface area contributed by atoms with Gasteiger partial charge in [0.05, 0.1) is 0 Å². The van der Waals surface area contributed by atoms with Crippen molar-refractivity contribution in [2.24, 2.45) is 0 Å². The normalized spacial score (nSPS) is 10.3. The molecule has 1 aromatic carbocycles. The van der Waals surface area contributed by atoms with E-state index in [1.165, 1.54) is 0 Å². The lowest BCUT2D eigenvalue weighted by molar-refractivity contribution is -0.453. The largest absolute Gasteiger partial charge is 0.453 e. The van der Waals surface area contributed by atoms with Gasteiger partial charge in [0.1, 0.15) is 6.61 Å². The van der Waals surface area contributed by atoms with Gasteiger partial charge in [-0.25, -0.2) is 4.79 Å². The molecule has 0 amide bonds. The van der Waals surface area contributed by atoms with Gasteiger partial charge in [-0.05, 0) is 18.1 Å². The Hall–Kier alpha value is -1.43. The van der Waals surface area contributed by atoms with Gasteiger partial charge < -0.3 is 4.74 Å². The van der Waals surface area contributed by atoms with Crippen LogP contribution in [0.2, 0.25) is 0 Å². The second-order valence-corrected chi connectivity index (χ2v) is 5.37. The summed E-state index contributed by atoms with van der Waals surface area (Å²) in [6, 6.07) is 13.5. The second kappa shape index (κ2) is 6.14. The predicted octanol–water partition coefficient (Wildman–Crippen LogP) is 3.15. The summed E-state index contributed by atoms with van der Waals surface area (Å²) in [5.41, 5.74) is 3.62. The maximum Gasteiger partial charge on any atom is 0.404 e. The van der Waals surface area contributed by atoms with Gasteiger partial charge in [0.2, 0.25) is 0 Å². The minimum absolute atomic E-state index is 0.295.